The van der Waals surface area contributed by atoms with Crippen molar-refractivity contribution in [3.05, 3.63) is 60.2 Å². The van der Waals surface area contributed by atoms with Crippen LogP contribution in [0.2, 0.25) is 0 Å². The summed E-state index contributed by atoms with van der Waals surface area (Å²) in [4.78, 5) is 50.1. The predicted octanol–water partition coefficient (Wildman–Crippen LogP) is 1.95. The van der Waals surface area contributed by atoms with E-state index in [2.05, 4.69) is 10.6 Å². The third kappa shape index (κ3) is 4.24. The topological polar surface area (TPSA) is 125 Å². The van der Waals surface area contributed by atoms with Gasteiger partial charge in [-0.1, -0.05) is 36.4 Å². The Balaban J connectivity index is 1.80. The summed E-state index contributed by atoms with van der Waals surface area (Å²) >= 11 is 0. The summed E-state index contributed by atoms with van der Waals surface area (Å²) < 4.78 is 5.10. The zero-order chi connectivity index (χ0) is 21.7. The van der Waals surface area contributed by atoms with Crippen molar-refractivity contribution < 1.29 is 29.0 Å². The van der Waals surface area contributed by atoms with Gasteiger partial charge in [-0.15, -0.1) is 0 Å². The number of hydrogen-bond donors (Lipinski definition) is 3. The quantitative estimate of drug-likeness (QED) is 0.570. The first-order valence-corrected chi connectivity index (χ1v) is 9.21. The van der Waals surface area contributed by atoms with Gasteiger partial charge in [0, 0.05) is 18.2 Å². The van der Waals surface area contributed by atoms with Crippen LogP contribution in [0, 0.1) is 0 Å². The molecular weight excluding hydrogens is 390 g/mol. The van der Waals surface area contributed by atoms with Gasteiger partial charge in [0.05, 0.1) is 7.11 Å². The summed E-state index contributed by atoms with van der Waals surface area (Å²) in [6.07, 6.45) is -0.463. The van der Waals surface area contributed by atoms with E-state index in [9.17, 15) is 19.2 Å². The number of benzene rings is 2. The van der Waals surface area contributed by atoms with Gasteiger partial charge in [-0.25, -0.2) is 4.79 Å². The van der Waals surface area contributed by atoms with Crippen molar-refractivity contribution in [2.24, 2.45) is 0 Å². The Hall–Kier alpha value is -3.88. The van der Waals surface area contributed by atoms with Crippen LogP contribution in [0.5, 0.6) is 5.75 Å². The molecule has 1 heterocycles. The summed E-state index contributed by atoms with van der Waals surface area (Å²) in [5, 5.41) is 14.3. The van der Waals surface area contributed by atoms with Crippen LogP contribution in [-0.4, -0.2) is 47.5 Å². The Morgan fingerprint density at radius 3 is 2.53 bits per heavy atom. The van der Waals surface area contributed by atoms with E-state index >= 15 is 0 Å². The van der Waals surface area contributed by atoms with Gasteiger partial charge in [-0.3, -0.25) is 19.3 Å². The van der Waals surface area contributed by atoms with Crippen molar-refractivity contribution in [3.63, 3.8) is 0 Å². The second kappa shape index (κ2) is 8.64. The SMILES string of the molecule is COc1cccc(NC(=O)CN2C(=O)N[C@@](CCC(=O)O)(c3ccccc3)C2=O)c1. The van der Waals surface area contributed by atoms with Crippen molar-refractivity contribution in [3.8, 4) is 5.75 Å². The Kier molecular flexibility index (Phi) is 6.01. The third-order valence-electron chi connectivity index (χ3n) is 4.81. The second-order valence-electron chi connectivity index (χ2n) is 6.77. The molecule has 0 aromatic heterocycles. The lowest BCUT2D eigenvalue weighted by atomic mass is 9.85. The Bertz CT molecular complexity index is 978. The predicted molar refractivity (Wildman–Crippen MR) is 107 cm³/mol. The third-order valence-corrected chi connectivity index (χ3v) is 4.81. The van der Waals surface area contributed by atoms with Gasteiger partial charge in [0.25, 0.3) is 5.91 Å². The van der Waals surface area contributed by atoms with Gasteiger partial charge in [-0.05, 0) is 24.1 Å². The molecule has 0 aliphatic carbocycles. The number of rotatable bonds is 8. The maximum Gasteiger partial charge on any atom is 0.325 e. The molecule has 9 heteroatoms. The zero-order valence-corrected chi connectivity index (χ0v) is 16.3. The molecular formula is C21H21N3O6. The molecule has 2 aromatic carbocycles. The number of imide groups is 1. The molecule has 1 aliphatic heterocycles. The fraction of sp³-hybridized carbons (Fsp3) is 0.238. The highest BCUT2D eigenvalue weighted by Crippen LogP contribution is 2.33. The van der Waals surface area contributed by atoms with Gasteiger partial charge in [0.2, 0.25) is 5.91 Å². The molecule has 0 radical (unpaired) electrons. The van der Waals surface area contributed by atoms with Gasteiger partial charge < -0.3 is 20.5 Å². The van der Waals surface area contributed by atoms with Gasteiger partial charge in [0.15, 0.2) is 0 Å². The summed E-state index contributed by atoms with van der Waals surface area (Å²) in [6.45, 7) is -0.510. The van der Waals surface area contributed by atoms with E-state index < -0.39 is 35.9 Å². The number of urea groups is 1. The summed E-state index contributed by atoms with van der Waals surface area (Å²) in [6, 6.07) is 14.3. The van der Waals surface area contributed by atoms with E-state index in [0.29, 0.717) is 17.0 Å². The summed E-state index contributed by atoms with van der Waals surface area (Å²) in [5.74, 6) is -1.80. The maximum atomic E-state index is 13.2. The molecule has 1 saturated heterocycles. The fourth-order valence-electron chi connectivity index (χ4n) is 3.34. The minimum Gasteiger partial charge on any atom is -0.497 e. The number of methoxy groups -OCH3 is 1. The fourth-order valence-corrected chi connectivity index (χ4v) is 3.34. The van der Waals surface area contributed by atoms with Crippen molar-refractivity contribution in [1.82, 2.24) is 10.2 Å². The molecule has 3 rings (SSSR count). The normalized spacial score (nSPS) is 18.1. The van der Waals surface area contributed by atoms with Crippen LogP contribution in [0.25, 0.3) is 0 Å². The van der Waals surface area contributed by atoms with Crippen LogP contribution in [0.4, 0.5) is 10.5 Å². The molecule has 0 unspecified atom stereocenters. The molecule has 0 bridgehead atoms. The van der Waals surface area contributed by atoms with Crippen molar-refractivity contribution in [2.45, 2.75) is 18.4 Å². The molecule has 0 saturated carbocycles. The van der Waals surface area contributed by atoms with E-state index in [0.717, 1.165) is 4.90 Å². The lowest BCUT2D eigenvalue weighted by molar-refractivity contribution is -0.138. The number of aliphatic carboxylic acids is 1. The van der Waals surface area contributed by atoms with Crippen LogP contribution in [0.3, 0.4) is 0 Å². The van der Waals surface area contributed by atoms with Gasteiger partial charge in [0.1, 0.15) is 17.8 Å². The van der Waals surface area contributed by atoms with Crippen LogP contribution in [-0.2, 0) is 19.9 Å². The largest absolute Gasteiger partial charge is 0.497 e. The van der Waals surface area contributed by atoms with E-state index in [1.807, 2.05) is 0 Å². The number of carboxylic acids is 1. The molecule has 1 aliphatic rings. The number of nitrogens with one attached hydrogen (secondary N) is 2. The minimum atomic E-state index is -1.53. The number of carbonyl (C=O) groups is 4. The molecule has 3 N–H and O–H groups in total. The van der Waals surface area contributed by atoms with Crippen molar-refractivity contribution >= 4 is 29.5 Å². The smallest absolute Gasteiger partial charge is 0.325 e. The van der Waals surface area contributed by atoms with E-state index in [4.69, 9.17) is 9.84 Å². The van der Waals surface area contributed by atoms with E-state index in [1.54, 1.807) is 54.6 Å². The summed E-state index contributed by atoms with van der Waals surface area (Å²) in [5.41, 5.74) is -0.626. The van der Waals surface area contributed by atoms with Gasteiger partial charge >= 0.3 is 12.0 Å². The Labute approximate surface area is 172 Å². The van der Waals surface area contributed by atoms with Crippen LogP contribution < -0.4 is 15.4 Å². The van der Waals surface area contributed by atoms with Crippen LogP contribution in [0.1, 0.15) is 18.4 Å². The van der Waals surface area contributed by atoms with Crippen LogP contribution in [0.15, 0.2) is 54.6 Å². The molecule has 156 valence electrons. The van der Waals surface area contributed by atoms with Gasteiger partial charge in [-0.2, -0.15) is 0 Å². The number of nitrogens with zero attached hydrogens (tertiary/aromatic N) is 1. The molecule has 0 spiro atoms. The number of carboxylic acid groups (broad SMARTS) is 1. The Morgan fingerprint density at radius 1 is 1.13 bits per heavy atom. The van der Waals surface area contributed by atoms with Crippen molar-refractivity contribution in [2.75, 3.05) is 19.0 Å². The molecule has 4 amide bonds. The summed E-state index contributed by atoms with van der Waals surface area (Å²) in [7, 11) is 1.49. The van der Waals surface area contributed by atoms with E-state index in [1.165, 1.54) is 7.11 Å². The first-order valence-electron chi connectivity index (χ1n) is 9.21. The first kappa shape index (κ1) is 20.8. The number of carbonyl (C=O) groups excluding carboxylic acids is 3. The highest BCUT2D eigenvalue weighted by molar-refractivity contribution is 6.10. The molecule has 30 heavy (non-hydrogen) atoms. The average Bonchev–Trinajstić information content (AvgIpc) is 2.98. The Morgan fingerprint density at radius 2 is 1.87 bits per heavy atom. The van der Waals surface area contributed by atoms with Crippen molar-refractivity contribution in [1.29, 1.82) is 0 Å². The number of anilines is 1. The standard InChI is InChI=1S/C21H21N3O6/c1-30-16-9-5-8-15(12-16)22-17(25)13-24-19(28)21(23-20(24)29,11-10-18(26)27)14-6-3-2-4-7-14/h2-9,12H,10-11,13H2,1H3,(H,22,25)(H,23,29)(H,26,27)/t21-/m0/s1. The first-order chi connectivity index (χ1) is 14.4. The zero-order valence-electron chi connectivity index (χ0n) is 16.3. The van der Waals surface area contributed by atoms with E-state index in [-0.39, 0.29) is 12.8 Å². The average molecular weight is 411 g/mol. The second-order valence-corrected chi connectivity index (χ2v) is 6.77. The highest BCUT2D eigenvalue weighted by atomic mass is 16.5. The van der Waals surface area contributed by atoms with Crippen LogP contribution >= 0.6 is 0 Å². The minimum absolute atomic E-state index is 0.134. The highest BCUT2D eigenvalue weighted by Gasteiger charge is 2.52. The molecule has 9 nitrogen and oxygen atoms in total. The number of hydrogen-bond acceptors (Lipinski definition) is 5. The molecule has 2 aromatic rings. The molecule has 1 fully saturated rings. The number of ether oxygens (including phenoxy) is 1. The number of amides is 4. The molecule has 1 atom stereocenters. The lowest BCUT2D eigenvalue weighted by Crippen LogP contribution is -2.45. The lowest BCUT2D eigenvalue weighted by Gasteiger charge is -2.26. The monoisotopic (exact) mass is 411 g/mol. The maximum absolute atomic E-state index is 13.2.